The van der Waals surface area contributed by atoms with E-state index in [1.165, 1.54) is 44.5 Å². The highest BCUT2D eigenvalue weighted by Gasteiger charge is 2.08. The molecular formula is C12H20N4. The number of nitrogens with zero attached hydrogens (tertiary/aromatic N) is 3. The average molecular weight is 220 g/mol. The van der Waals surface area contributed by atoms with Crippen molar-refractivity contribution in [1.82, 2.24) is 20.4 Å². The summed E-state index contributed by atoms with van der Waals surface area (Å²) in [7, 11) is 0. The first kappa shape index (κ1) is 11.5. The van der Waals surface area contributed by atoms with Gasteiger partial charge in [-0.25, -0.2) is 0 Å². The monoisotopic (exact) mass is 220 g/mol. The molecule has 1 N–H and O–H groups in total. The van der Waals surface area contributed by atoms with Crippen LogP contribution in [0.15, 0.2) is 18.5 Å². The van der Waals surface area contributed by atoms with Gasteiger partial charge in [-0.1, -0.05) is 6.42 Å². The maximum absolute atomic E-state index is 3.85. The quantitative estimate of drug-likeness (QED) is 0.753. The molecule has 0 saturated carbocycles. The molecule has 0 aromatic carbocycles. The minimum absolute atomic E-state index is 0.892. The number of piperidine rings is 1. The predicted molar refractivity (Wildman–Crippen MR) is 64.0 cm³/mol. The van der Waals surface area contributed by atoms with Crippen molar-refractivity contribution in [3.63, 3.8) is 0 Å². The molecule has 1 aliphatic rings. The van der Waals surface area contributed by atoms with Crippen LogP contribution in [-0.2, 0) is 6.54 Å². The average Bonchev–Trinajstić information content (AvgIpc) is 2.37. The molecule has 16 heavy (non-hydrogen) atoms. The van der Waals surface area contributed by atoms with Crippen molar-refractivity contribution in [3.05, 3.63) is 24.0 Å². The lowest BCUT2D eigenvalue weighted by molar-refractivity contribution is 0.229. The predicted octanol–water partition coefficient (Wildman–Crippen LogP) is 1.05. The van der Waals surface area contributed by atoms with Crippen LogP contribution in [0.4, 0.5) is 0 Å². The summed E-state index contributed by atoms with van der Waals surface area (Å²) in [6, 6.07) is 2.00. The van der Waals surface area contributed by atoms with Gasteiger partial charge in [0.2, 0.25) is 0 Å². The Morgan fingerprint density at radius 2 is 2.06 bits per heavy atom. The molecule has 2 heterocycles. The van der Waals surface area contributed by atoms with Gasteiger partial charge in [0, 0.05) is 25.8 Å². The molecule has 2 rings (SSSR count). The van der Waals surface area contributed by atoms with E-state index in [0.29, 0.717) is 0 Å². The SMILES string of the molecule is c1cc(CNCCN2CCCCC2)cnn1. The largest absolute Gasteiger partial charge is 0.311 e. The Morgan fingerprint density at radius 1 is 1.19 bits per heavy atom. The zero-order valence-electron chi connectivity index (χ0n) is 9.73. The van der Waals surface area contributed by atoms with Crippen LogP contribution >= 0.6 is 0 Å². The van der Waals surface area contributed by atoms with Crippen molar-refractivity contribution in [1.29, 1.82) is 0 Å². The number of rotatable bonds is 5. The highest BCUT2D eigenvalue weighted by molar-refractivity contribution is 5.04. The van der Waals surface area contributed by atoms with Crippen LogP contribution < -0.4 is 5.32 Å². The lowest BCUT2D eigenvalue weighted by Crippen LogP contribution is -2.35. The van der Waals surface area contributed by atoms with Gasteiger partial charge in [-0.2, -0.15) is 10.2 Å². The topological polar surface area (TPSA) is 41.0 Å². The van der Waals surface area contributed by atoms with E-state index in [9.17, 15) is 0 Å². The summed E-state index contributed by atoms with van der Waals surface area (Å²) in [5.74, 6) is 0. The van der Waals surface area contributed by atoms with Crippen LogP contribution in [0.25, 0.3) is 0 Å². The van der Waals surface area contributed by atoms with Gasteiger partial charge in [-0.3, -0.25) is 0 Å². The summed E-state index contributed by atoms with van der Waals surface area (Å²) in [6.07, 6.45) is 7.70. The molecule has 4 nitrogen and oxygen atoms in total. The molecule has 0 spiro atoms. The van der Waals surface area contributed by atoms with Crippen LogP contribution in [-0.4, -0.2) is 41.3 Å². The fourth-order valence-electron chi connectivity index (χ4n) is 2.08. The van der Waals surface area contributed by atoms with Crippen LogP contribution in [0.3, 0.4) is 0 Å². The molecular weight excluding hydrogens is 200 g/mol. The van der Waals surface area contributed by atoms with Crippen LogP contribution in [0, 0.1) is 0 Å². The molecule has 88 valence electrons. The van der Waals surface area contributed by atoms with Gasteiger partial charge in [0.05, 0.1) is 6.20 Å². The molecule has 1 aromatic heterocycles. The molecule has 0 radical (unpaired) electrons. The smallest absolute Gasteiger partial charge is 0.0541 e. The Hall–Kier alpha value is -1.00. The van der Waals surface area contributed by atoms with Crippen molar-refractivity contribution < 1.29 is 0 Å². The third-order valence-corrected chi connectivity index (χ3v) is 3.03. The zero-order valence-corrected chi connectivity index (χ0v) is 9.73. The van der Waals surface area contributed by atoms with Gasteiger partial charge in [0.25, 0.3) is 0 Å². The number of nitrogens with one attached hydrogen (secondary N) is 1. The first-order valence-corrected chi connectivity index (χ1v) is 6.14. The van der Waals surface area contributed by atoms with Crippen LogP contribution in [0.5, 0.6) is 0 Å². The summed E-state index contributed by atoms with van der Waals surface area (Å²) < 4.78 is 0. The number of aromatic nitrogens is 2. The van der Waals surface area contributed by atoms with Crippen molar-refractivity contribution >= 4 is 0 Å². The van der Waals surface area contributed by atoms with E-state index in [2.05, 4.69) is 20.4 Å². The summed E-state index contributed by atoms with van der Waals surface area (Å²) >= 11 is 0. The highest BCUT2D eigenvalue weighted by atomic mass is 15.1. The van der Waals surface area contributed by atoms with E-state index >= 15 is 0 Å². The van der Waals surface area contributed by atoms with E-state index < -0.39 is 0 Å². The minimum Gasteiger partial charge on any atom is -0.311 e. The summed E-state index contributed by atoms with van der Waals surface area (Å²) in [6.45, 7) is 5.67. The Labute approximate surface area is 97.1 Å². The van der Waals surface area contributed by atoms with Crippen molar-refractivity contribution in [2.45, 2.75) is 25.8 Å². The lowest BCUT2D eigenvalue weighted by atomic mass is 10.1. The van der Waals surface area contributed by atoms with Crippen molar-refractivity contribution in [2.75, 3.05) is 26.2 Å². The molecule has 0 atom stereocenters. The third kappa shape index (κ3) is 3.87. The molecule has 0 bridgehead atoms. The van der Waals surface area contributed by atoms with Crippen LogP contribution in [0.1, 0.15) is 24.8 Å². The van der Waals surface area contributed by atoms with E-state index in [4.69, 9.17) is 0 Å². The number of hydrogen-bond donors (Lipinski definition) is 1. The Morgan fingerprint density at radius 3 is 2.81 bits per heavy atom. The third-order valence-electron chi connectivity index (χ3n) is 3.03. The van der Waals surface area contributed by atoms with Gasteiger partial charge in [-0.15, -0.1) is 0 Å². The fourth-order valence-corrected chi connectivity index (χ4v) is 2.08. The maximum atomic E-state index is 3.85. The molecule has 1 aromatic rings. The second-order valence-corrected chi connectivity index (χ2v) is 4.33. The molecule has 4 heteroatoms. The van der Waals surface area contributed by atoms with Crippen LogP contribution in [0.2, 0.25) is 0 Å². The highest BCUT2D eigenvalue weighted by Crippen LogP contribution is 2.07. The van der Waals surface area contributed by atoms with E-state index in [-0.39, 0.29) is 0 Å². The Balaban J connectivity index is 1.58. The Kier molecular flexibility index (Phi) is 4.70. The standard InChI is InChI=1S/C12H20N4/c1-2-7-16(8-3-1)9-6-13-10-12-4-5-14-15-11-12/h4-5,11,13H,1-3,6-10H2. The van der Waals surface area contributed by atoms with E-state index in [1.54, 1.807) is 6.20 Å². The first-order valence-electron chi connectivity index (χ1n) is 6.14. The van der Waals surface area contributed by atoms with Crippen molar-refractivity contribution in [3.8, 4) is 0 Å². The van der Waals surface area contributed by atoms with E-state index in [1.807, 2.05) is 12.3 Å². The van der Waals surface area contributed by atoms with Gasteiger partial charge < -0.3 is 10.2 Å². The lowest BCUT2D eigenvalue weighted by Gasteiger charge is -2.26. The molecule has 1 fully saturated rings. The van der Waals surface area contributed by atoms with Crippen molar-refractivity contribution in [2.24, 2.45) is 0 Å². The summed E-state index contributed by atoms with van der Waals surface area (Å²) in [5, 5.41) is 11.1. The molecule has 1 saturated heterocycles. The second-order valence-electron chi connectivity index (χ2n) is 4.33. The second kappa shape index (κ2) is 6.55. The Bertz CT molecular complexity index is 282. The van der Waals surface area contributed by atoms with Gasteiger partial charge in [-0.05, 0) is 37.6 Å². The summed E-state index contributed by atoms with van der Waals surface area (Å²) in [5.41, 5.74) is 1.20. The molecule has 1 aliphatic heterocycles. The molecule has 0 unspecified atom stereocenters. The van der Waals surface area contributed by atoms with E-state index in [0.717, 1.165) is 13.1 Å². The first-order chi connectivity index (χ1) is 7.95. The summed E-state index contributed by atoms with van der Waals surface area (Å²) in [4.78, 5) is 2.54. The van der Waals surface area contributed by atoms with Gasteiger partial charge in [0.1, 0.15) is 0 Å². The maximum Gasteiger partial charge on any atom is 0.0541 e. The number of hydrogen-bond acceptors (Lipinski definition) is 4. The van der Waals surface area contributed by atoms with Gasteiger partial charge in [0.15, 0.2) is 0 Å². The normalized spacial score (nSPS) is 17.5. The molecule has 0 aliphatic carbocycles. The molecule has 0 amide bonds. The zero-order chi connectivity index (χ0) is 11.1. The van der Waals surface area contributed by atoms with Gasteiger partial charge >= 0.3 is 0 Å². The number of likely N-dealkylation sites (tertiary alicyclic amines) is 1. The fraction of sp³-hybridized carbons (Fsp3) is 0.667. The minimum atomic E-state index is 0.892.